The number of anilines is 1. The summed E-state index contributed by atoms with van der Waals surface area (Å²) >= 11 is 0. The van der Waals surface area contributed by atoms with Crippen LogP contribution in [0.15, 0.2) is 22.4 Å². The van der Waals surface area contributed by atoms with Gasteiger partial charge in [-0.15, -0.1) is 10.2 Å². The van der Waals surface area contributed by atoms with E-state index in [9.17, 15) is 0 Å². The average Bonchev–Trinajstić information content (AvgIpc) is 2.72. The van der Waals surface area contributed by atoms with E-state index in [4.69, 9.17) is 5.26 Å². The maximum atomic E-state index is 8.89. The topological polar surface area (TPSA) is 63.8 Å². The van der Waals surface area contributed by atoms with Crippen LogP contribution in [0.2, 0.25) is 0 Å². The molecule has 0 aromatic heterocycles. The van der Waals surface area contributed by atoms with Crippen molar-refractivity contribution in [2.45, 2.75) is 0 Å². The van der Waals surface area contributed by atoms with E-state index < -0.39 is 0 Å². The van der Waals surface area contributed by atoms with Gasteiger partial charge in [-0.1, -0.05) is 0 Å². The van der Waals surface area contributed by atoms with Crippen molar-refractivity contribution in [3.8, 4) is 6.07 Å². The van der Waals surface area contributed by atoms with Gasteiger partial charge in [0.15, 0.2) is 0 Å². The number of benzene rings is 1. The molecule has 2 heterocycles. The molecule has 3 rings (SSSR count). The van der Waals surface area contributed by atoms with Gasteiger partial charge in [0.1, 0.15) is 11.4 Å². The van der Waals surface area contributed by atoms with Crippen LogP contribution in [0.5, 0.6) is 0 Å². The minimum Gasteiger partial charge on any atom is -0.356 e. The summed E-state index contributed by atoms with van der Waals surface area (Å²) in [5.41, 5.74) is 3.41. The quantitative estimate of drug-likeness (QED) is 0.759. The smallest absolute Gasteiger partial charge is 0.137 e. The normalized spacial score (nSPS) is 17.1. The Morgan fingerprint density at radius 3 is 2.93 bits per heavy atom. The number of hydrogen-bond acceptors (Lipinski definition) is 5. The monoisotopic (exact) mass is 199 g/mol. The van der Waals surface area contributed by atoms with Gasteiger partial charge in [-0.2, -0.15) is 5.26 Å². The molecule has 0 amide bonds. The van der Waals surface area contributed by atoms with Crippen LogP contribution in [-0.2, 0) is 0 Å². The van der Waals surface area contributed by atoms with Crippen molar-refractivity contribution in [3.63, 3.8) is 0 Å². The molecular formula is C10H9N5. The number of nitriles is 1. The summed E-state index contributed by atoms with van der Waals surface area (Å²) in [6.07, 6.45) is 0. The van der Waals surface area contributed by atoms with E-state index in [-0.39, 0.29) is 0 Å². The van der Waals surface area contributed by atoms with Crippen molar-refractivity contribution in [1.29, 1.82) is 5.26 Å². The van der Waals surface area contributed by atoms with Crippen LogP contribution in [0.4, 0.5) is 17.1 Å². The van der Waals surface area contributed by atoms with Gasteiger partial charge in [-0.25, -0.2) is 0 Å². The van der Waals surface area contributed by atoms with Crippen LogP contribution in [-0.4, -0.2) is 19.8 Å². The van der Waals surface area contributed by atoms with Crippen molar-refractivity contribution in [1.82, 2.24) is 5.32 Å². The summed E-state index contributed by atoms with van der Waals surface area (Å²) in [6.45, 7) is 2.75. The van der Waals surface area contributed by atoms with Gasteiger partial charge < -0.3 is 4.90 Å². The van der Waals surface area contributed by atoms with Crippen molar-refractivity contribution in [2.75, 3.05) is 24.7 Å². The molecule has 5 heteroatoms. The predicted octanol–water partition coefficient (Wildman–Crippen LogP) is 1.65. The molecule has 1 fully saturated rings. The number of rotatable bonds is 1. The third kappa shape index (κ3) is 1.19. The van der Waals surface area contributed by atoms with Gasteiger partial charge in [0, 0.05) is 13.1 Å². The Morgan fingerprint density at radius 1 is 1.40 bits per heavy atom. The summed E-state index contributed by atoms with van der Waals surface area (Å²) in [5.74, 6) is 0. The zero-order chi connectivity index (χ0) is 10.3. The summed E-state index contributed by atoms with van der Waals surface area (Å²) in [6, 6.07) is 5.80. The lowest BCUT2D eigenvalue weighted by atomic mass is 10.1. The fourth-order valence-corrected chi connectivity index (χ4v) is 1.86. The lowest BCUT2D eigenvalue weighted by molar-refractivity contribution is 0.854. The molecule has 2 aliphatic rings. The highest BCUT2D eigenvalue weighted by atomic mass is 15.3. The van der Waals surface area contributed by atoms with E-state index >= 15 is 0 Å². The lowest BCUT2D eigenvalue weighted by Crippen LogP contribution is -2.21. The van der Waals surface area contributed by atoms with Gasteiger partial charge in [-0.05, 0) is 12.1 Å². The van der Waals surface area contributed by atoms with E-state index in [1.807, 2.05) is 6.07 Å². The molecule has 1 aromatic carbocycles. The zero-order valence-electron chi connectivity index (χ0n) is 8.06. The van der Waals surface area contributed by atoms with Crippen LogP contribution in [0, 0.1) is 11.3 Å². The van der Waals surface area contributed by atoms with Crippen LogP contribution in [0.1, 0.15) is 5.56 Å². The van der Waals surface area contributed by atoms with Gasteiger partial charge in [0.25, 0.3) is 0 Å². The van der Waals surface area contributed by atoms with Gasteiger partial charge in [-0.3, -0.25) is 5.32 Å². The molecule has 1 aromatic rings. The van der Waals surface area contributed by atoms with Gasteiger partial charge in [0.2, 0.25) is 0 Å². The molecule has 0 atom stereocenters. The first-order valence-corrected chi connectivity index (χ1v) is 4.84. The van der Waals surface area contributed by atoms with E-state index in [2.05, 4.69) is 26.5 Å². The third-order valence-corrected chi connectivity index (χ3v) is 2.66. The number of hydrogen-bond donors (Lipinski definition) is 1. The highest BCUT2D eigenvalue weighted by molar-refractivity contribution is 5.83. The molecule has 2 aliphatic heterocycles. The SMILES string of the molecule is N#Cc1cc2c(c(N3CCNC3)c1)N=N2. The standard InChI is InChI=1S/C10H9N5/c11-5-7-3-8-10(14-13-8)9(4-7)15-2-1-12-6-15/h3-4,12H,1-2,6H2. The lowest BCUT2D eigenvalue weighted by Gasteiger charge is -2.22. The highest BCUT2D eigenvalue weighted by Gasteiger charge is 2.22. The van der Waals surface area contributed by atoms with E-state index in [0.717, 1.165) is 36.8 Å². The second-order valence-electron chi connectivity index (χ2n) is 3.60. The Kier molecular flexibility index (Phi) is 1.70. The Hall–Kier alpha value is -1.93. The Bertz CT molecular complexity index is 479. The molecule has 15 heavy (non-hydrogen) atoms. The average molecular weight is 199 g/mol. The summed E-state index contributed by atoms with van der Waals surface area (Å²) in [7, 11) is 0. The van der Waals surface area contributed by atoms with Crippen molar-refractivity contribution in [3.05, 3.63) is 17.7 Å². The molecule has 5 nitrogen and oxygen atoms in total. The fraction of sp³-hybridized carbons (Fsp3) is 0.300. The molecule has 1 saturated heterocycles. The van der Waals surface area contributed by atoms with Crippen molar-refractivity contribution in [2.24, 2.45) is 10.2 Å². The molecule has 0 spiro atoms. The van der Waals surface area contributed by atoms with E-state index in [1.165, 1.54) is 0 Å². The Balaban J connectivity index is 2.07. The summed E-state index contributed by atoms with van der Waals surface area (Å²) in [4.78, 5) is 2.18. The van der Waals surface area contributed by atoms with Gasteiger partial charge >= 0.3 is 0 Å². The molecule has 0 radical (unpaired) electrons. The molecule has 1 N–H and O–H groups in total. The fourth-order valence-electron chi connectivity index (χ4n) is 1.86. The maximum absolute atomic E-state index is 8.89. The van der Waals surface area contributed by atoms with Crippen molar-refractivity contribution < 1.29 is 0 Å². The minimum absolute atomic E-state index is 0.648. The first-order chi connectivity index (χ1) is 7.38. The van der Waals surface area contributed by atoms with E-state index in [1.54, 1.807) is 6.07 Å². The Labute approximate surface area is 87.0 Å². The molecule has 0 saturated carbocycles. The number of azo groups is 1. The second kappa shape index (κ2) is 3.04. The molecule has 0 unspecified atom stereocenters. The number of nitrogens with zero attached hydrogens (tertiary/aromatic N) is 4. The molecule has 74 valence electrons. The summed E-state index contributed by atoms with van der Waals surface area (Å²) < 4.78 is 0. The predicted molar refractivity (Wildman–Crippen MR) is 55.5 cm³/mol. The first-order valence-electron chi connectivity index (χ1n) is 4.84. The molecular weight excluding hydrogens is 190 g/mol. The van der Waals surface area contributed by atoms with Crippen LogP contribution in [0.3, 0.4) is 0 Å². The van der Waals surface area contributed by atoms with Crippen molar-refractivity contribution >= 4 is 17.1 Å². The first kappa shape index (κ1) is 8.38. The summed E-state index contributed by atoms with van der Waals surface area (Å²) in [5, 5.41) is 20.0. The number of fused-ring (bicyclic) bond motifs is 1. The zero-order valence-corrected chi connectivity index (χ0v) is 8.06. The highest BCUT2D eigenvalue weighted by Crippen LogP contribution is 2.46. The Morgan fingerprint density at radius 2 is 2.33 bits per heavy atom. The van der Waals surface area contributed by atoms with Crippen LogP contribution < -0.4 is 10.2 Å². The maximum Gasteiger partial charge on any atom is 0.137 e. The molecule has 0 bridgehead atoms. The second-order valence-corrected chi connectivity index (χ2v) is 3.60. The van der Waals surface area contributed by atoms with Gasteiger partial charge in [0.05, 0.1) is 24.0 Å². The largest absolute Gasteiger partial charge is 0.356 e. The van der Waals surface area contributed by atoms with Crippen LogP contribution >= 0.6 is 0 Å². The molecule has 0 aliphatic carbocycles. The van der Waals surface area contributed by atoms with E-state index in [0.29, 0.717) is 5.56 Å². The minimum atomic E-state index is 0.648. The van der Waals surface area contributed by atoms with Crippen LogP contribution in [0.25, 0.3) is 0 Å². The number of nitrogens with one attached hydrogen (secondary N) is 1. The third-order valence-electron chi connectivity index (χ3n) is 2.66.